The zero-order chi connectivity index (χ0) is 8.97. The highest BCUT2D eigenvalue weighted by Crippen LogP contribution is 2.10. The van der Waals surface area contributed by atoms with Gasteiger partial charge in [-0.05, 0) is 24.1 Å². The van der Waals surface area contributed by atoms with Crippen LogP contribution in [0.25, 0.3) is 0 Å². The average molecular weight is 180 g/mol. The normalized spacial score (nSPS) is 12.1. The average Bonchev–Trinajstić information content (AvgIpc) is 2.09. The van der Waals surface area contributed by atoms with E-state index in [0.717, 1.165) is 10.6 Å². The Bertz CT molecular complexity index is 284. The van der Waals surface area contributed by atoms with Crippen molar-refractivity contribution in [2.75, 3.05) is 0 Å². The lowest BCUT2D eigenvalue weighted by Crippen LogP contribution is -2.19. The molecule has 0 aliphatic heterocycles. The van der Waals surface area contributed by atoms with Crippen LogP contribution in [0.15, 0.2) is 24.3 Å². The van der Waals surface area contributed by atoms with Gasteiger partial charge in [-0.25, -0.2) is 0 Å². The lowest BCUT2D eigenvalue weighted by Gasteiger charge is -2.03. The van der Waals surface area contributed by atoms with Crippen LogP contribution in [-0.2, 0) is 6.42 Å². The van der Waals surface area contributed by atoms with E-state index in [1.165, 1.54) is 0 Å². The van der Waals surface area contributed by atoms with Crippen LogP contribution in [0, 0.1) is 12.3 Å². The van der Waals surface area contributed by atoms with Crippen LogP contribution in [0.1, 0.15) is 5.56 Å². The van der Waals surface area contributed by atoms with Crippen LogP contribution in [0.4, 0.5) is 0 Å². The fourth-order valence-electron chi connectivity index (χ4n) is 0.933. The van der Waals surface area contributed by atoms with Gasteiger partial charge in [0.1, 0.15) is 0 Å². The van der Waals surface area contributed by atoms with E-state index in [9.17, 15) is 0 Å². The zero-order valence-corrected chi connectivity index (χ0v) is 7.38. The summed E-state index contributed by atoms with van der Waals surface area (Å²) in [6.07, 6.45) is 5.85. The highest BCUT2D eigenvalue weighted by Gasteiger charge is 1.98. The molecule has 1 rings (SSSR count). The first-order chi connectivity index (χ1) is 5.72. The minimum absolute atomic E-state index is 0.203. The third-order valence-corrected chi connectivity index (χ3v) is 1.83. The molecule has 1 unspecified atom stereocenters. The van der Waals surface area contributed by atoms with Gasteiger partial charge in [-0.1, -0.05) is 29.7 Å². The third-order valence-electron chi connectivity index (χ3n) is 1.58. The van der Waals surface area contributed by atoms with Crippen LogP contribution in [0.2, 0.25) is 5.02 Å². The quantitative estimate of drug-likeness (QED) is 0.689. The molecule has 0 heterocycles. The van der Waals surface area contributed by atoms with Crippen LogP contribution in [0.3, 0.4) is 0 Å². The van der Waals surface area contributed by atoms with Gasteiger partial charge in [-0.15, -0.1) is 6.42 Å². The number of hydrogen-bond donors (Lipinski definition) is 1. The molecule has 12 heavy (non-hydrogen) atoms. The number of terminal acetylenes is 1. The van der Waals surface area contributed by atoms with Crippen molar-refractivity contribution in [3.8, 4) is 12.3 Å². The summed E-state index contributed by atoms with van der Waals surface area (Å²) in [5.74, 6) is 2.47. The maximum absolute atomic E-state index is 5.71. The molecular weight excluding hydrogens is 170 g/mol. The summed E-state index contributed by atoms with van der Waals surface area (Å²) in [6.45, 7) is 0. The van der Waals surface area contributed by atoms with Gasteiger partial charge in [0.05, 0.1) is 6.04 Å². The minimum atomic E-state index is -0.203. The Labute approximate surface area is 77.5 Å². The van der Waals surface area contributed by atoms with Crippen molar-refractivity contribution in [1.29, 1.82) is 0 Å². The molecule has 0 aromatic heterocycles. The molecule has 0 amide bonds. The van der Waals surface area contributed by atoms with E-state index in [1.54, 1.807) is 0 Å². The molecule has 1 aromatic carbocycles. The Balaban J connectivity index is 2.66. The molecule has 0 fully saturated rings. The Hall–Kier alpha value is -0.970. The van der Waals surface area contributed by atoms with Gasteiger partial charge >= 0.3 is 0 Å². The van der Waals surface area contributed by atoms with E-state index in [2.05, 4.69) is 5.92 Å². The summed E-state index contributed by atoms with van der Waals surface area (Å²) < 4.78 is 0. The lowest BCUT2D eigenvalue weighted by molar-refractivity contribution is 0.836. The molecule has 0 saturated carbocycles. The summed E-state index contributed by atoms with van der Waals surface area (Å²) in [5.41, 5.74) is 6.69. The van der Waals surface area contributed by atoms with Gasteiger partial charge in [0, 0.05) is 5.02 Å². The predicted octanol–water partition coefficient (Wildman–Crippen LogP) is 1.84. The van der Waals surface area contributed by atoms with Gasteiger partial charge < -0.3 is 5.73 Å². The highest BCUT2D eigenvalue weighted by molar-refractivity contribution is 6.30. The van der Waals surface area contributed by atoms with Gasteiger partial charge in [-0.3, -0.25) is 0 Å². The molecule has 0 saturated heterocycles. The van der Waals surface area contributed by atoms with Crippen molar-refractivity contribution >= 4 is 11.6 Å². The van der Waals surface area contributed by atoms with Gasteiger partial charge in [0.15, 0.2) is 0 Å². The smallest absolute Gasteiger partial charge is 0.0702 e. The summed E-state index contributed by atoms with van der Waals surface area (Å²) in [4.78, 5) is 0. The van der Waals surface area contributed by atoms with E-state index in [-0.39, 0.29) is 6.04 Å². The molecule has 1 atom stereocenters. The molecule has 2 N–H and O–H groups in total. The van der Waals surface area contributed by atoms with E-state index in [1.807, 2.05) is 24.3 Å². The second-order valence-corrected chi connectivity index (χ2v) is 3.04. The van der Waals surface area contributed by atoms with Crippen LogP contribution < -0.4 is 5.73 Å². The molecule has 62 valence electrons. The molecule has 0 spiro atoms. The van der Waals surface area contributed by atoms with Gasteiger partial charge in [0.2, 0.25) is 0 Å². The van der Waals surface area contributed by atoms with E-state index >= 15 is 0 Å². The van der Waals surface area contributed by atoms with Gasteiger partial charge in [-0.2, -0.15) is 0 Å². The van der Waals surface area contributed by atoms with E-state index in [0.29, 0.717) is 6.42 Å². The SMILES string of the molecule is C#CC(N)Cc1ccc(Cl)cc1. The Kier molecular flexibility index (Phi) is 3.16. The third kappa shape index (κ3) is 2.58. The van der Waals surface area contributed by atoms with Crippen molar-refractivity contribution in [1.82, 2.24) is 0 Å². The number of benzene rings is 1. The lowest BCUT2D eigenvalue weighted by atomic mass is 10.1. The molecule has 0 aliphatic carbocycles. The zero-order valence-electron chi connectivity index (χ0n) is 6.63. The monoisotopic (exact) mass is 179 g/mol. The Morgan fingerprint density at radius 3 is 2.50 bits per heavy atom. The second-order valence-electron chi connectivity index (χ2n) is 2.60. The van der Waals surface area contributed by atoms with E-state index in [4.69, 9.17) is 23.8 Å². The van der Waals surface area contributed by atoms with Gasteiger partial charge in [0.25, 0.3) is 0 Å². The maximum atomic E-state index is 5.71. The van der Waals surface area contributed by atoms with Crippen LogP contribution in [0.5, 0.6) is 0 Å². The van der Waals surface area contributed by atoms with Crippen LogP contribution in [-0.4, -0.2) is 6.04 Å². The minimum Gasteiger partial charge on any atom is -0.317 e. The van der Waals surface area contributed by atoms with Crippen LogP contribution >= 0.6 is 11.6 Å². The van der Waals surface area contributed by atoms with Crippen molar-refractivity contribution < 1.29 is 0 Å². The Morgan fingerprint density at radius 2 is 2.00 bits per heavy atom. The van der Waals surface area contributed by atoms with Crippen molar-refractivity contribution in [2.24, 2.45) is 5.73 Å². The van der Waals surface area contributed by atoms with Crippen molar-refractivity contribution in [3.05, 3.63) is 34.9 Å². The Morgan fingerprint density at radius 1 is 1.42 bits per heavy atom. The molecule has 0 radical (unpaired) electrons. The fraction of sp³-hybridized carbons (Fsp3) is 0.200. The van der Waals surface area contributed by atoms with Crippen molar-refractivity contribution in [3.63, 3.8) is 0 Å². The maximum Gasteiger partial charge on any atom is 0.0702 e. The molecule has 0 aliphatic rings. The first-order valence-corrected chi connectivity index (χ1v) is 4.06. The second kappa shape index (κ2) is 4.15. The number of nitrogens with two attached hydrogens (primary N) is 1. The topological polar surface area (TPSA) is 26.0 Å². The number of hydrogen-bond acceptors (Lipinski definition) is 1. The highest BCUT2D eigenvalue weighted by atomic mass is 35.5. The first-order valence-electron chi connectivity index (χ1n) is 3.68. The molecule has 0 bridgehead atoms. The molecular formula is C10H10ClN. The standard InChI is InChI=1S/C10H10ClN/c1-2-10(12)7-8-3-5-9(11)6-4-8/h1,3-6,10H,7,12H2. The summed E-state index contributed by atoms with van der Waals surface area (Å²) in [7, 11) is 0. The largest absolute Gasteiger partial charge is 0.317 e. The predicted molar refractivity (Wildman–Crippen MR) is 52.0 cm³/mol. The van der Waals surface area contributed by atoms with E-state index < -0.39 is 0 Å². The summed E-state index contributed by atoms with van der Waals surface area (Å²) in [5, 5.41) is 0.730. The summed E-state index contributed by atoms with van der Waals surface area (Å²) in [6, 6.07) is 7.32. The fourth-order valence-corrected chi connectivity index (χ4v) is 1.06. The van der Waals surface area contributed by atoms with Crippen molar-refractivity contribution in [2.45, 2.75) is 12.5 Å². The number of rotatable bonds is 2. The molecule has 2 heteroatoms. The first kappa shape index (κ1) is 9.12. The molecule has 1 aromatic rings. The number of halogens is 1. The summed E-state index contributed by atoms with van der Waals surface area (Å²) >= 11 is 5.71. The molecule has 1 nitrogen and oxygen atoms in total.